The molecule has 1 aliphatic carbocycles. The SMILES string of the molecule is Nc1ccc2cc3c(nc2c1)C=C(OCCCCCC(F)(F)F)CC3=O. The quantitative estimate of drug-likeness (QED) is 0.586. The third-order valence-electron chi connectivity index (χ3n) is 4.20. The first-order valence-corrected chi connectivity index (χ1v) is 8.45. The number of halogens is 3. The Morgan fingerprint density at radius 2 is 1.96 bits per heavy atom. The number of allylic oxidation sites excluding steroid dienone is 1. The minimum atomic E-state index is -4.11. The summed E-state index contributed by atoms with van der Waals surface area (Å²) in [6, 6.07) is 7.11. The second kappa shape index (κ2) is 7.35. The van der Waals surface area contributed by atoms with Crippen molar-refractivity contribution < 1.29 is 22.7 Å². The standard InChI is InChI=1S/C19H19F3N2O2/c20-19(21,22)6-2-1-3-7-26-14-10-17-15(18(25)11-14)8-12-4-5-13(23)9-16(12)24-17/h4-5,8-10H,1-3,6-7,11,23H2. The first kappa shape index (κ1) is 18.2. The van der Waals surface area contributed by atoms with Crippen LogP contribution in [0.3, 0.4) is 0 Å². The van der Waals surface area contributed by atoms with E-state index in [4.69, 9.17) is 10.5 Å². The molecule has 2 N–H and O–H groups in total. The number of nitrogens with zero attached hydrogens (tertiary/aromatic N) is 1. The van der Waals surface area contributed by atoms with Crippen LogP contribution < -0.4 is 5.73 Å². The number of aromatic nitrogens is 1. The van der Waals surface area contributed by atoms with Gasteiger partial charge in [-0.2, -0.15) is 13.2 Å². The average Bonchev–Trinajstić information content (AvgIpc) is 2.55. The molecule has 0 amide bonds. The lowest BCUT2D eigenvalue weighted by Gasteiger charge is -2.17. The van der Waals surface area contributed by atoms with Crippen LogP contribution in [0.1, 0.15) is 48.2 Å². The Morgan fingerprint density at radius 3 is 2.73 bits per heavy atom. The fourth-order valence-corrected chi connectivity index (χ4v) is 2.89. The highest BCUT2D eigenvalue weighted by Gasteiger charge is 2.26. The van der Waals surface area contributed by atoms with E-state index in [1.54, 1.807) is 24.3 Å². The fourth-order valence-electron chi connectivity index (χ4n) is 2.89. The van der Waals surface area contributed by atoms with Gasteiger partial charge in [0.25, 0.3) is 0 Å². The van der Waals surface area contributed by atoms with Crippen molar-refractivity contribution in [2.45, 2.75) is 38.3 Å². The van der Waals surface area contributed by atoms with Crippen molar-refractivity contribution in [1.82, 2.24) is 4.98 Å². The highest BCUT2D eigenvalue weighted by Crippen LogP contribution is 2.28. The summed E-state index contributed by atoms with van der Waals surface area (Å²) in [6.45, 7) is 0.285. The number of alkyl halides is 3. The van der Waals surface area contributed by atoms with E-state index in [-0.39, 0.29) is 25.2 Å². The molecule has 2 aromatic rings. The summed E-state index contributed by atoms with van der Waals surface area (Å²) < 4.78 is 41.8. The van der Waals surface area contributed by atoms with E-state index in [9.17, 15) is 18.0 Å². The minimum absolute atomic E-state index is 0.0826. The van der Waals surface area contributed by atoms with Crippen molar-refractivity contribution in [3.63, 3.8) is 0 Å². The first-order chi connectivity index (χ1) is 12.3. The molecule has 3 rings (SSSR count). The van der Waals surface area contributed by atoms with Crippen LogP contribution in [-0.2, 0) is 4.74 Å². The number of carbonyl (C=O) groups is 1. The monoisotopic (exact) mass is 364 g/mol. The Labute approximate surface area is 148 Å². The number of nitrogen functional groups attached to an aromatic ring is 1. The number of hydrogen-bond acceptors (Lipinski definition) is 4. The van der Waals surface area contributed by atoms with Crippen LogP contribution in [0.2, 0.25) is 0 Å². The number of fused-ring (bicyclic) bond motifs is 2. The van der Waals surface area contributed by atoms with Crippen LogP contribution in [0.25, 0.3) is 17.0 Å². The van der Waals surface area contributed by atoms with Gasteiger partial charge in [-0.25, -0.2) is 4.98 Å². The number of rotatable bonds is 6. The van der Waals surface area contributed by atoms with Crippen LogP contribution >= 0.6 is 0 Å². The fraction of sp³-hybridized carbons (Fsp3) is 0.368. The van der Waals surface area contributed by atoms with E-state index in [1.165, 1.54) is 0 Å². The Bertz CT molecular complexity index is 860. The molecule has 0 spiro atoms. The summed E-state index contributed by atoms with van der Waals surface area (Å²) >= 11 is 0. The number of hydrogen-bond donors (Lipinski definition) is 1. The highest BCUT2D eigenvalue weighted by molar-refractivity contribution is 6.05. The Hall–Kier alpha value is -2.57. The van der Waals surface area contributed by atoms with Crippen LogP contribution in [0.5, 0.6) is 0 Å². The summed E-state index contributed by atoms with van der Waals surface area (Å²) in [4.78, 5) is 16.8. The molecule has 1 heterocycles. The number of carbonyl (C=O) groups excluding carboxylic acids is 1. The molecule has 0 atom stereocenters. The number of nitrogens with two attached hydrogens (primary N) is 1. The lowest BCUT2D eigenvalue weighted by Crippen LogP contribution is -2.12. The number of ether oxygens (including phenoxy) is 1. The lowest BCUT2D eigenvalue weighted by molar-refractivity contribution is -0.135. The molecule has 0 aliphatic heterocycles. The van der Waals surface area contributed by atoms with E-state index in [0.717, 1.165) is 5.39 Å². The zero-order chi connectivity index (χ0) is 18.7. The zero-order valence-electron chi connectivity index (χ0n) is 14.1. The average molecular weight is 364 g/mol. The minimum Gasteiger partial charge on any atom is -0.497 e. The van der Waals surface area contributed by atoms with Gasteiger partial charge in [-0.05, 0) is 37.5 Å². The van der Waals surface area contributed by atoms with Crippen molar-refractivity contribution in [3.05, 3.63) is 41.3 Å². The zero-order valence-corrected chi connectivity index (χ0v) is 14.1. The van der Waals surface area contributed by atoms with Crippen molar-refractivity contribution in [2.24, 2.45) is 0 Å². The molecule has 1 aliphatic rings. The topological polar surface area (TPSA) is 65.2 Å². The van der Waals surface area contributed by atoms with E-state index in [2.05, 4.69) is 4.98 Å². The van der Waals surface area contributed by atoms with Crippen LogP contribution in [0.15, 0.2) is 30.0 Å². The van der Waals surface area contributed by atoms with Gasteiger partial charge in [0.05, 0.1) is 24.2 Å². The molecular formula is C19H19F3N2O2. The molecule has 1 aromatic carbocycles. The summed E-state index contributed by atoms with van der Waals surface area (Å²) in [7, 11) is 0. The van der Waals surface area contributed by atoms with Crippen LogP contribution in [0.4, 0.5) is 18.9 Å². The van der Waals surface area contributed by atoms with E-state index in [1.807, 2.05) is 6.07 Å². The van der Waals surface area contributed by atoms with Gasteiger partial charge < -0.3 is 10.5 Å². The molecule has 4 nitrogen and oxygen atoms in total. The maximum atomic E-state index is 12.3. The highest BCUT2D eigenvalue weighted by atomic mass is 19.4. The number of unbranched alkanes of at least 4 members (excludes halogenated alkanes) is 2. The predicted molar refractivity (Wildman–Crippen MR) is 93.6 cm³/mol. The number of benzene rings is 1. The second-order valence-corrected chi connectivity index (χ2v) is 6.36. The molecule has 7 heteroatoms. The molecule has 1 aromatic heterocycles. The maximum absolute atomic E-state index is 12.3. The second-order valence-electron chi connectivity index (χ2n) is 6.36. The molecule has 0 fully saturated rings. The van der Waals surface area contributed by atoms with E-state index < -0.39 is 12.6 Å². The van der Waals surface area contributed by atoms with Gasteiger partial charge in [-0.1, -0.05) is 6.07 Å². The Balaban J connectivity index is 1.63. The van der Waals surface area contributed by atoms with Crippen LogP contribution in [-0.4, -0.2) is 23.6 Å². The molecule has 0 bridgehead atoms. The largest absolute Gasteiger partial charge is 0.497 e. The number of pyridine rings is 1. The molecule has 26 heavy (non-hydrogen) atoms. The molecular weight excluding hydrogens is 345 g/mol. The Morgan fingerprint density at radius 1 is 1.15 bits per heavy atom. The molecule has 138 valence electrons. The van der Waals surface area contributed by atoms with Crippen LogP contribution in [0, 0.1) is 0 Å². The molecule has 0 saturated carbocycles. The van der Waals surface area contributed by atoms with Crippen molar-refractivity contribution in [2.75, 3.05) is 12.3 Å². The van der Waals surface area contributed by atoms with Gasteiger partial charge in [0.1, 0.15) is 5.76 Å². The van der Waals surface area contributed by atoms with Gasteiger partial charge in [-0.15, -0.1) is 0 Å². The van der Waals surface area contributed by atoms with Gasteiger partial charge in [0, 0.05) is 29.1 Å². The number of ketones is 1. The maximum Gasteiger partial charge on any atom is 0.389 e. The number of anilines is 1. The van der Waals surface area contributed by atoms with Gasteiger partial charge >= 0.3 is 6.18 Å². The summed E-state index contributed by atoms with van der Waals surface area (Å²) in [5, 5.41) is 0.841. The first-order valence-electron chi connectivity index (χ1n) is 8.45. The van der Waals surface area contributed by atoms with Crippen molar-refractivity contribution in [3.8, 4) is 0 Å². The van der Waals surface area contributed by atoms with E-state index in [0.29, 0.717) is 41.1 Å². The van der Waals surface area contributed by atoms with Crippen molar-refractivity contribution >= 4 is 28.4 Å². The van der Waals surface area contributed by atoms with E-state index >= 15 is 0 Å². The Kier molecular flexibility index (Phi) is 5.15. The van der Waals surface area contributed by atoms with Crippen molar-refractivity contribution in [1.29, 1.82) is 0 Å². The number of Topliss-reactive ketones (excluding diaryl/α,β-unsaturated/α-hetero) is 1. The third kappa shape index (κ3) is 4.53. The summed E-state index contributed by atoms with van der Waals surface area (Å²) in [5.41, 5.74) is 8.13. The predicted octanol–water partition coefficient (Wildman–Crippen LogP) is 4.88. The van der Waals surface area contributed by atoms with Gasteiger partial charge in [0.2, 0.25) is 0 Å². The third-order valence-corrected chi connectivity index (χ3v) is 4.20. The summed E-state index contributed by atoms with van der Waals surface area (Å²) in [6.07, 6.45) is -2.01. The molecule has 0 saturated heterocycles. The normalized spacial score (nSPS) is 14.3. The molecule has 0 radical (unpaired) electrons. The smallest absolute Gasteiger partial charge is 0.389 e. The lowest BCUT2D eigenvalue weighted by atomic mass is 9.97. The van der Waals surface area contributed by atoms with Gasteiger partial charge in [-0.3, -0.25) is 4.79 Å². The summed E-state index contributed by atoms with van der Waals surface area (Å²) in [5.74, 6) is 0.412. The van der Waals surface area contributed by atoms with Gasteiger partial charge in [0.15, 0.2) is 5.78 Å². The molecule has 0 unspecified atom stereocenters.